The van der Waals surface area contributed by atoms with Crippen LogP contribution in [0.4, 0.5) is 0 Å². The second-order valence-corrected chi connectivity index (χ2v) is 7.78. The highest BCUT2D eigenvalue weighted by Gasteiger charge is 2.32. The van der Waals surface area contributed by atoms with Gasteiger partial charge in [0.1, 0.15) is 0 Å². The molecule has 2 atom stereocenters. The molecule has 1 aliphatic carbocycles. The molecule has 1 aliphatic heterocycles. The maximum absolute atomic E-state index is 12.6. The fourth-order valence-electron chi connectivity index (χ4n) is 3.74. The molecule has 0 aromatic carbocycles. The summed E-state index contributed by atoms with van der Waals surface area (Å²) in [7, 11) is 0. The van der Waals surface area contributed by atoms with Crippen LogP contribution in [0.15, 0.2) is 4.99 Å². The SMILES string of the molecule is CCNC(=NCCC(=O)NC(C)CC)NC1CCN(C(=O)C2CCCC2)C1. The maximum Gasteiger partial charge on any atom is 0.225 e. The Bertz CT molecular complexity index is 517. The number of rotatable bonds is 8. The van der Waals surface area contributed by atoms with Crippen LogP contribution in [0, 0.1) is 5.92 Å². The minimum Gasteiger partial charge on any atom is -0.357 e. The fraction of sp³-hybridized carbons (Fsp3) is 0.850. The number of nitrogens with zero attached hydrogens (tertiary/aromatic N) is 2. The molecule has 3 N–H and O–H groups in total. The molecule has 7 heteroatoms. The van der Waals surface area contributed by atoms with Crippen molar-refractivity contribution < 1.29 is 9.59 Å². The van der Waals surface area contributed by atoms with Gasteiger partial charge in [-0.15, -0.1) is 0 Å². The van der Waals surface area contributed by atoms with Crippen LogP contribution >= 0.6 is 0 Å². The van der Waals surface area contributed by atoms with Crippen molar-refractivity contribution in [3.63, 3.8) is 0 Å². The molecular weight excluding hydrogens is 342 g/mol. The summed E-state index contributed by atoms with van der Waals surface area (Å²) in [4.78, 5) is 31.0. The Morgan fingerprint density at radius 2 is 1.93 bits per heavy atom. The van der Waals surface area contributed by atoms with Gasteiger partial charge < -0.3 is 20.9 Å². The monoisotopic (exact) mass is 379 g/mol. The average Bonchev–Trinajstić information content (AvgIpc) is 3.33. The van der Waals surface area contributed by atoms with E-state index in [0.717, 1.165) is 51.3 Å². The molecule has 2 aliphatic rings. The van der Waals surface area contributed by atoms with Crippen molar-refractivity contribution in [1.82, 2.24) is 20.9 Å². The number of amides is 2. The molecule has 0 bridgehead atoms. The predicted octanol–water partition coefficient (Wildman–Crippen LogP) is 1.64. The number of nitrogens with one attached hydrogen (secondary N) is 3. The van der Waals surface area contributed by atoms with Crippen LogP contribution in [0.1, 0.15) is 65.7 Å². The largest absolute Gasteiger partial charge is 0.357 e. The number of aliphatic imine (C=N–C) groups is 1. The minimum atomic E-state index is 0.0400. The van der Waals surface area contributed by atoms with Gasteiger partial charge in [0, 0.05) is 44.1 Å². The molecule has 0 aromatic rings. The molecule has 0 spiro atoms. The molecule has 1 heterocycles. The third-order valence-corrected chi connectivity index (χ3v) is 5.52. The van der Waals surface area contributed by atoms with E-state index in [-0.39, 0.29) is 23.9 Å². The molecular formula is C20H37N5O2. The van der Waals surface area contributed by atoms with E-state index in [1.165, 1.54) is 12.8 Å². The van der Waals surface area contributed by atoms with Crippen LogP contribution in [0.3, 0.4) is 0 Å². The highest BCUT2D eigenvalue weighted by atomic mass is 16.2. The highest BCUT2D eigenvalue weighted by molar-refractivity contribution is 5.82. The van der Waals surface area contributed by atoms with Crippen molar-refractivity contribution >= 4 is 17.8 Å². The number of hydrogen-bond donors (Lipinski definition) is 3. The Kier molecular flexibility index (Phi) is 8.88. The first-order valence-electron chi connectivity index (χ1n) is 10.7. The third kappa shape index (κ3) is 7.03. The lowest BCUT2D eigenvalue weighted by atomic mass is 10.1. The quantitative estimate of drug-likeness (QED) is 0.442. The van der Waals surface area contributed by atoms with Crippen LogP contribution in [0.2, 0.25) is 0 Å². The van der Waals surface area contributed by atoms with E-state index in [1.54, 1.807) is 0 Å². The zero-order valence-electron chi connectivity index (χ0n) is 17.2. The average molecular weight is 380 g/mol. The van der Waals surface area contributed by atoms with Crippen LogP contribution in [-0.2, 0) is 9.59 Å². The maximum atomic E-state index is 12.6. The van der Waals surface area contributed by atoms with E-state index in [1.807, 2.05) is 18.7 Å². The molecule has 1 saturated carbocycles. The standard InChI is InChI=1S/C20H37N5O2/c1-4-15(3)23-18(26)10-12-22-20(21-5-2)24-17-11-13-25(14-17)19(27)16-8-6-7-9-16/h15-17H,4-14H2,1-3H3,(H,23,26)(H2,21,22,24). The summed E-state index contributed by atoms with van der Waals surface area (Å²) in [5, 5.41) is 9.63. The number of carbonyl (C=O) groups is 2. The molecule has 7 nitrogen and oxygen atoms in total. The van der Waals surface area contributed by atoms with Gasteiger partial charge in [0.25, 0.3) is 0 Å². The topological polar surface area (TPSA) is 85.8 Å². The summed E-state index contributed by atoms with van der Waals surface area (Å²) in [6, 6.07) is 0.428. The summed E-state index contributed by atoms with van der Waals surface area (Å²) in [6.07, 6.45) is 6.74. The molecule has 154 valence electrons. The van der Waals surface area contributed by atoms with Crippen molar-refractivity contribution in [2.75, 3.05) is 26.2 Å². The third-order valence-electron chi connectivity index (χ3n) is 5.52. The highest BCUT2D eigenvalue weighted by Crippen LogP contribution is 2.27. The molecule has 2 rings (SSSR count). The van der Waals surface area contributed by atoms with E-state index >= 15 is 0 Å². The number of likely N-dealkylation sites (tertiary alicyclic amines) is 1. The molecule has 2 fully saturated rings. The van der Waals surface area contributed by atoms with Crippen LogP contribution in [0.25, 0.3) is 0 Å². The Morgan fingerprint density at radius 1 is 1.19 bits per heavy atom. The number of guanidine groups is 1. The van der Waals surface area contributed by atoms with Crippen LogP contribution in [-0.4, -0.2) is 60.9 Å². The number of hydrogen-bond acceptors (Lipinski definition) is 3. The number of carbonyl (C=O) groups excluding carboxylic acids is 2. The van der Waals surface area contributed by atoms with Gasteiger partial charge in [0.15, 0.2) is 5.96 Å². The second-order valence-electron chi connectivity index (χ2n) is 7.78. The van der Waals surface area contributed by atoms with E-state index in [0.29, 0.717) is 18.9 Å². The van der Waals surface area contributed by atoms with Crippen LogP contribution < -0.4 is 16.0 Å². The molecule has 2 amide bonds. The predicted molar refractivity (Wildman–Crippen MR) is 109 cm³/mol. The first kappa shape index (κ1) is 21.5. The van der Waals surface area contributed by atoms with Crippen molar-refractivity contribution in [1.29, 1.82) is 0 Å². The zero-order chi connectivity index (χ0) is 19.6. The van der Waals surface area contributed by atoms with Crippen molar-refractivity contribution in [2.45, 2.75) is 77.8 Å². The summed E-state index contributed by atoms with van der Waals surface area (Å²) < 4.78 is 0. The van der Waals surface area contributed by atoms with Gasteiger partial charge in [0.2, 0.25) is 11.8 Å². The first-order valence-corrected chi connectivity index (χ1v) is 10.7. The minimum absolute atomic E-state index is 0.0400. The first-order chi connectivity index (χ1) is 13.0. The molecule has 1 saturated heterocycles. The lowest BCUT2D eigenvalue weighted by Gasteiger charge is -2.21. The van der Waals surface area contributed by atoms with Gasteiger partial charge in [0.05, 0.1) is 6.54 Å². The van der Waals surface area contributed by atoms with Gasteiger partial charge in [-0.3, -0.25) is 14.6 Å². The molecule has 0 aromatic heterocycles. The summed E-state index contributed by atoms with van der Waals surface area (Å²) in [6.45, 7) is 8.87. The Balaban J connectivity index is 1.77. The van der Waals surface area contributed by atoms with E-state index in [2.05, 4.69) is 27.9 Å². The van der Waals surface area contributed by atoms with E-state index < -0.39 is 0 Å². The smallest absolute Gasteiger partial charge is 0.225 e. The van der Waals surface area contributed by atoms with Gasteiger partial charge in [-0.2, -0.15) is 0 Å². The molecule has 0 radical (unpaired) electrons. The van der Waals surface area contributed by atoms with Crippen molar-refractivity contribution in [3.05, 3.63) is 0 Å². The summed E-state index contributed by atoms with van der Waals surface area (Å²) >= 11 is 0. The van der Waals surface area contributed by atoms with Gasteiger partial charge >= 0.3 is 0 Å². The Hall–Kier alpha value is -1.79. The second kappa shape index (κ2) is 11.1. The van der Waals surface area contributed by atoms with Gasteiger partial charge in [-0.25, -0.2) is 0 Å². The molecule has 2 unspecified atom stereocenters. The lowest BCUT2D eigenvalue weighted by molar-refractivity contribution is -0.134. The van der Waals surface area contributed by atoms with Gasteiger partial charge in [-0.1, -0.05) is 19.8 Å². The van der Waals surface area contributed by atoms with Gasteiger partial charge in [-0.05, 0) is 39.5 Å². The fourth-order valence-corrected chi connectivity index (χ4v) is 3.74. The van der Waals surface area contributed by atoms with Crippen molar-refractivity contribution in [2.24, 2.45) is 10.9 Å². The Morgan fingerprint density at radius 3 is 2.59 bits per heavy atom. The Labute approximate surface area is 163 Å². The summed E-state index contributed by atoms with van der Waals surface area (Å²) in [5.41, 5.74) is 0. The lowest BCUT2D eigenvalue weighted by Crippen LogP contribution is -2.45. The zero-order valence-corrected chi connectivity index (χ0v) is 17.2. The van der Waals surface area contributed by atoms with Crippen LogP contribution in [0.5, 0.6) is 0 Å². The normalized spacial score (nSPS) is 22.0. The van der Waals surface area contributed by atoms with E-state index in [4.69, 9.17) is 0 Å². The van der Waals surface area contributed by atoms with E-state index in [9.17, 15) is 9.59 Å². The van der Waals surface area contributed by atoms with Crippen molar-refractivity contribution in [3.8, 4) is 0 Å². The summed E-state index contributed by atoms with van der Waals surface area (Å²) in [5.74, 6) is 1.35. The molecule has 27 heavy (non-hydrogen) atoms.